The van der Waals surface area contributed by atoms with Crippen LogP contribution in [-0.2, 0) is 21.2 Å². The zero-order chi connectivity index (χ0) is 21.9. The van der Waals surface area contributed by atoms with Gasteiger partial charge in [0.25, 0.3) is 10.0 Å². The second-order valence-electron chi connectivity index (χ2n) is 6.17. The fourth-order valence-electron chi connectivity index (χ4n) is 2.61. The standard InChI is InChI=1S/C20H17F2N3O4S/c1-3-19-23-10-13(11-24-19)12-4-6-14(7-5-12)30(27,28)25-18-9-16(21)15(8-17(18)22)20(26)29-2/h4-11,25H,3H2,1-2H3. The molecule has 0 atom stereocenters. The average molecular weight is 433 g/mol. The molecule has 1 N–H and O–H groups in total. The Morgan fingerprint density at radius 2 is 1.67 bits per heavy atom. The molecule has 1 heterocycles. The molecule has 0 saturated carbocycles. The highest BCUT2D eigenvalue weighted by atomic mass is 32.2. The number of halogens is 2. The van der Waals surface area contributed by atoms with Crippen LogP contribution in [0.3, 0.4) is 0 Å². The molecular weight excluding hydrogens is 416 g/mol. The minimum atomic E-state index is -4.20. The number of anilines is 1. The average Bonchev–Trinajstić information content (AvgIpc) is 2.75. The van der Waals surface area contributed by atoms with Crippen LogP contribution in [0.4, 0.5) is 14.5 Å². The van der Waals surface area contributed by atoms with Crippen LogP contribution in [0.5, 0.6) is 0 Å². The number of sulfonamides is 1. The van der Waals surface area contributed by atoms with Gasteiger partial charge in [-0.1, -0.05) is 19.1 Å². The van der Waals surface area contributed by atoms with E-state index in [9.17, 15) is 22.0 Å². The van der Waals surface area contributed by atoms with Gasteiger partial charge in [0.1, 0.15) is 17.5 Å². The summed E-state index contributed by atoms with van der Waals surface area (Å²) in [6.45, 7) is 1.93. The molecule has 10 heteroatoms. The molecule has 0 radical (unpaired) electrons. The first-order valence-corrected chi connectivity index (χ1v) is 10.2. The van der Waals surface area contributed by atoms with E-state index in [-0.39, 0.29) is 4.90 Å². The quantitative estimate of drug-likeness (QED) is 0.597. The third kappa shape index (κ3) is 4.43. The van der Waals surface area contributed by atoms with Crippen LogP contribution < -0.4 is 4.72 Å². The number of nitrogens with one attached hydrogen (secondary N) is 1. The molecule has 156 valence electrons. The molecule has 0 amide bonds. The first-order chi connectivity index (χ1) is 14.2. The first kappa shape index (κ1) is 21.3. The van der Waals surface area contributed by atoms with Crippen LogP contribution in [0.25, 0.3) is 11.1 Å². The van der Waals surface area contributed by atoms with E-state index in [1.54, 1.807) is 24.5 Å². The van der Waals surface area contributed by atoms with E-state index < -0.39 is 38.9 Å². The van der Waals surface area contributed by atoms with Crippen molar-refractivity contribution in [3.8, 4) is 11.1 Å². The molecule has 0 bridgehead atoms. The second-order valence-corrected chi connectivity index (χ2v) is 7.86. The fourth-order valence-corrected chi connectivity index (χ4v) is 3.67. The van der Waals surface area contributed by atoms with E-state index in [1.165, 1.54) is 12.1 Å². The zero-order valence-corrected chi connectivity index (χ0v) is 16.8. The Labute approximate surface area is 171 Å². The van der Waals surface area contributed by atoms with Crippen LogP contribution in [0, 0.1) is 11.6 Å². The highest BCUT2D eigenvalue weighted by molar-refractivity contribution is 7.92. The summed E-state index contributed by atoms with van der Waals surface area (Å²) in [5.74, 6) is -2.63. The Hall–Kier alpha value is -3.40. The number of aromatic nitrogens is 2. The maximum absolute atomic E-state index is 14.2. The highest BCUT2D eigenvalue weighted by Gasteiger charge is 2.21. The van der Waals surface area contributed by atoms with Gasteiger partial charge in [-0.05, 0) is 23.8 Å². The van der Waals surface area contributed by atoms with Crippen molar-refractivity contribution in [2.45, 2.75) is 18.2 Å². The number of ether oxygens (including phenoxy) is 1. The molecule has 7 nitrogen and oxygen atoms in total. The number of aryl methyl sites for hydroxylation is 1. The zero-order valence-electron chi connectivity index (χ0n) is 16.0. The Bertz CT molecular complexity index is 1180. The van der Waals surface area contributed by atoms with Gasteiger partial charge in [0.15, 0.2) is 0 Å². The van der Waals surface area contributed by atoms with Crippen molar-refractivity contribution in [2.24, 2.45) is 0 Å². The van der Waals surface area contributed by atoms with Crippen molar-refractivity contribution in [2.75, 3.05) is 11.8 Å². The SMILES string of the molecule is CCc1ncc(-c2ccc(S(=O)(=O)Nc3cc(F)c(C(=O)OC)cc3F)cc2)cn1. The predicted octanol–water partition coefficient (Wildman–Crippen LogP) is 3.57. The number of rotatable bonds is 6. The summed E-state index contributed by atoms with van der Waals surface area (Å²) in [5, 5.41) is 0. The van der Waals surface area contributed by atoms with Gasteiger partial charge in [-0.2, -0.15) is 0 Å². The van der Waals surface area contributed by atoms with E-state index in [1.807, 2.05) is 11.6 Å². The molecule has 0 aliphatic carbocycles. The predicted molar refractivity (Wildman–Crippen MR) is 105 cm³/mol. The number of benzene rings is 2. The van der Waals surface area contributed by atoms with Crippen LogP contribution in [-0.4, -0.2) is 31.5 Å². The maximum atomic E-state index is 14.2. The summed E-state index contributed by atoms with van der Waals surface area (Å²) in [6.07, 6.45) is 3.96. The summed E-state index contributed by atoms with van der Waals surface area (Å²) in [4.78, 5) is 19.6. The highest BCUT2D eigenvalue weighted by Crippen LogP contribution is 2.25. The summed E-state index contributed by atoms with van der Waals surface area (Å²) < 4.78 is 59.7. The van der Waals surface area contributed by atoms with Crippen molar-refractivity contribution in [1.29, 1.82) is 0 Å². The number of carbonyl (C=O) groups excluding carboxylic acids is 1. The lowest BCUT2D eigenvalue weighted by molar-refractivity contribution is 0.0595. The monoisotopic (exact) mass is 433 g/mol. The fraction of sp³-hybridized carbons (Fsp3) is 0.150. The maximum Gasteiger partial charge on any atom is 0.340 e. The van der Waals surface area contributed by atoms with E-state index in [0.29, 0.717) is 35.5 Å². The Kier molecular flexibility index (Phi) is 6.06. The lowest BCUT2D eigenvalue weighted by Gasteiger charge is -2.11. The van der Waals surface area contributed by atoms with Gasteiger partial charge < -0.3 is 4.74 Å². The molecule has 0 aliphatic rings. The van der Waals surface area contributed by atoms with E-state index in [4.69, 9.17) is 0 Å². The molecule has 2 aromatic carbocycles. The van der Waals surface area contributed by atoms with Gasteiger partial charge in [0.05, 0.1) is 23.3 Å². The van der Waals surface area contributed by atoms with Gasteiger partial charge in [-0.15, -0.1) is 0 Å². The van der Waals surface area contributed by atoms with Crippen LogP contribution in [0.15, 0.2) is 53.7 Å². The molecule has 30 heavy (non-hydrogen) atoms. The molecule has 0 saturated heterocycles. The number of hydrogen-bond acceptors (Lipinski definition) is 6. The van der Waals surface area contributed by atoms with Crippen molar-refractivity contribution in [1.82, 2.24) is 9.97 Å². The second kappa shape index (κ2) is 8.54. The van der Waals surface area contributed by atoms with Gasteiger partial charge >= 0.3 is 5.97 Å². The Morgan fingerprint density at radius 1 is 1.03 bits per heavy atom. The van der Waals surface area contributed by atoms with Crippen molar-refractivity contribution >= 4 is 21.7 Å². The van der Waals surface area contributed by atoms with E-state index >= 15 is 0 Å². The van der Waals surface area contributed by atoms with Crippen LogP contribution in [0.2, 0.25) is 0 Å². The summed E-state index contributed by atoms with van der Waals surface area (Å²) in [7, 11) is -3.19. The number of nitrogens with zero attached hydrogens (tertiary/aromatic N) is 2. The summed E-state index contributed by atoms with van der Waals surface area (Å²) >= 11 is 0. The lowest BCUT2D eigenvalue weighted by atomic mass is 10.1. The van der Waals surface area contributed by atoms with Crippen molar-refractivity contribution < 1.29 is 26.7 Å². The van der Waals surface area contributed by atoms with Crippen LogP contribution >= 0.6 is 0 Å². The Balaban J connectivity index is 1.85. The normalized spacial score (nSPS) is 11.2. The Morgan fingerprint density at radius 3 is 2.23 bits per heavy atom. The smallest absolute Gasteiger partial charge is 0.340 e. The van der Waals surface area contributed by atoms with E-state index in [0.717, 1.165) is 7.11 Å². The largest absolute Gasteiger partial charge is 0.465 e. The van der Waals surface area contributed by atoms with Gasteiger partial charge in [0.2, 0.25) is 0 Å². The minimum absolute atomic E-state index is 0.158. The van der Waals surface area contributed by atoms with Gasteiger partial charge in [-0.25, -0.2) is 32.0 Å². The number of carbonyl (C=O) groups is 1. The summed E-state index contributed by atoms with van der Waals surface area (Å²) in [5.41, 5.74) is 0.123. The van der Waals surface area contributed by atoms with Crippen molar-refractivity contribution in [3.63, 3.8) is 0 Å². The molecule has 3 rings (SSSR count). The lowest BCUT2D eigenvalue weighted by Crippen LogP contribution is -2.15. The molecule has 3 aromatic rings. The number of hydrogen-bond donors (Lipinski definition) is 1. The molecule has 0 spiro atoms. The molecule has 0 unspecified atom stereocenters. The van der Waals surface area contributed by atoms with Crippen molar-refractivity contribution in [3.05, 3.63) is 71.8 Å². The topological polar surface area (TPSA) is 98.2 Å². The van der Waals surface area contributed by atoms with Gasteiger partial charge in [0, 0.05) is 30.4 Å². The summed E-state index contributed by atoms with van der Waals surface area (Å²) in [6, 6.07) is 6.90. The minimum Gasteiger partial charge on any atom is -0.465 e. The van der Waals surface area contributed by atoms with Crippen LogP contribution in [0.1, 0.15) is 23.1 Å². The third-order valence-electron chi connectivity index (χ3n) is 4.23. The molecule has 0 aliphatic heterocycles. The first-order valence-electron chi connectivity index (χ1n) is 8.76. The van der Waals surface area contributed by atoms with E-state index in [2.05, 4.69) is 14.7 Å². The molecule has 0 fully saturated rings. The number of methoxy groups -OCH3 is 1. The third-order valence-corrected chi connectivity index (χ3v) is 5.61. The van der Waals surface area contributed by atoms with Gasteiger partial charge in [-0.3, -0.25) is 4.72 Å². The number of esters is 1. The molecule has 1 aromatic heterocycles. The molecular formula is C20H17F2N3O4S.